The molecule has 3 nitrogen and oxygen atoms in total. The molecule has 0 aliphatic rings. The number of ether oxygens (including phenoxy) is 1. The zero-order valence-electron chi connectivity index (χ0n) is 9.89. The summed E-state index contributed by atoms with van der Waals surface area (Å²) in [5.74, 6) is 0.458. The number of Topliss-reactive ketones (excluding diaryl/α,β-unsaturated/α-hetero) is 1. The van der Waals surface area contributed by atoms with Crippen LogP contribution < -0.4 is 4.74 Å². The van der Waals surface area contributed by atoms with Gasteiger partial charge >= 0.3 is 0 Å². The molecule has 0 atom stereocenters. The second-order valence-electron chi connectivity index (χ2n) is 3.82. The molecule has 2 aromatic rings. The highest BCUT2D eigenvalue weighted by Gasteiger charge is 2.03. The number of hydrogen-bond donors (Lipinski definition) is 0. The van der Waals surface area contributed by atoms with Gasteiger partial charge in [0.25, 0.3) is 0 Å². The van der Waals surface area contributed by atoms with Crippen molar-refractivity contribution in [3.05, 3.63) is 58.7 Å². The van der Waals surface area contributed by atoms with Crippen molar-refractivity contribution in [3.63, 3.8) is 0 Å². The molecule has 0 aliphatic heterocycles. The molecule has 4 heteroatoms. The van der Waals surface area contributed by atoms with Crippen molar-refractivity contribution in [1.82, 2.24) is 4.98 Å². The lowest BCUT2D eigenvalue weighted by atomic mass is 10.2. The molecule has 2 rings (SSSR count). The topological polar surface area (TPSA) is 39.2 Å². The number of carbonyl (C=O) groups excluding carboxylic acids is 1. The SMILES string of the molecule is CC(=O)c1ccc(OCc2ccccc2Cl)nc1. The predicted molar refractivity (Wildman–Crippen MR) is 70.0 cm³/mol. The average Bonchev–Trinajstić information content (AvgIpc) is 2.38. The maximum Gasteiger partial charge on any atom is 0.213 e. The van der Waals surface area contributed by atoms with Gasteiger partial charge < -0.3 is 4.74 Å². The van der Waals surface area contributed by atoms with Gasteiger partial charge in [0.15, 0.2) is 5.78 Å². The number of halogens is 1. The van der Waals surface area contributed by atoms with Gasteiger partial charge in [-0.2, -0.15) is 0 Å². The molecule has 92 valence electrons. The number of benzene rings is 1. The molecule has 0 saturated heterocycles. The summed E-state index contributed by atoms with van der Waals surface area (Å²) in [6, 6.07) is 10.8. The highest BCUT2D eigenvalue weighted by atomic mass is 35.5. The van der Waals surface area contributed by atoms with Crippen LogP contribution in [0.3, 0.4) is 0 Å². The summed E-state index contributed by atoms with van der Waals surface area (Å²) < 4.78 is 5.50. The zero-order chi connectivity index (χ0) is 13.0. The molecule has 0 N–H and O–H groups in total. The molecule has 1 aromatic carbocycles. The standard InChI is InChI=1S/C14H12ClNO2/c1-10(17)11-6-7-14(16-8-11)18-9-12-4-2-3-5-13(12)15/h2-8H,9H2,1H3. The summed E-state index contributed by atoms with van der Waals surface area (Å²) in [4.78, 5) is 15.1. The van der Waals surface area contributed by atoms with Crippen LogP contribution in [0.25, 0.3) is 0 Å². The number of carbonyl (C=O) groups is 1. The van der Waals surface area contributed by atoms with Crippen molar-refractivity contribution < 1.29 is 9.53 Å². The first-order valence-electron chi connectivity index (χ1n) is 5.50. The van der Waals surface area contributed by atoms with Crippen LogP contribution in [0.4, 0.5) is 0 Å². The first-order chi connectivity index (χ1) is 8.66. The van der Waals surface area contributed by atoms with Gasteiger partial charge in [0.2, 0.25) is 5.88 Å². The molecular formula is C14H12ClNO2. The van der Waals surface area contributed by atoms with Crippen LogP contribution >= 0.6 is 11.6 Å². The van der Waals surface area contributed by atoms with Gasteiger partial charge in [-0.25, -0.2) is 4.98 Å². The first kappa shape index (κ1) is 12.6. The van der Waals surface area contributed by atoms with Gasteiger partial charge in [0.05, 0.1) is 0 Å². The van der Waals surface area contributed by atoms with Crippen LogP contribution in [0, 0.1) is 0 Å². The van der Waals surface area contributed by atoms with E-state index in [-0.39, 0.29) is 5.78 Å². The molecule has 0 fully saturated rings. The fourth-order valence-corrected chi connectivity index (χ4v) is 1.63. The molecule has 0 bridgehead atoms. The number of pyridine rings is 1. The van der Waals surface area contributed by atoms with Gasteiger partial charge in [-0.3, -0.25) is 4.79 Å². The van der Waals surface area contributed by atoms with E-state index in [1.165, 1.54) is 13.1 Å². The van der Waals surface area contributed by atoms with E-state index in [1.54, 1.807) is 12.1 Å². The summed E-state index contributed by atoms with van der Waals surface area (Å²) in [5.41, 5.74) is 1.47. The maximum absolute atomic E-state index is 11.1. The highest BCUT2D eigenvalue weighted by molar-refractivity contribution is 6.31. The van der Waals surface area contributed by atoms with Crippen molar-refractivity contribution in [3.8, 4) is 5.88 Å². The maximum atomic E-state index is 11.1. The van der Waals surface area contributed by atoms with Gasteiger partial charge in [0, 0.05) is 28.4 Å². The lowest BCUT2D eigenvalue weighted by molar-refractivity contribution is 0.101. The van der Waals surface area contributed by atoms with E-state index in [2.05, 4.69) is 4.98 Å². The highest BCUT2D eigenvalue weighted by Crippen LogP contribution is 2.17. The lowest BCUT2D eigenvalue weighted by Gasteiger charge is -2.06. The number of ketones is 1. The fourth-order valence-electron chi connectivity index (χ4n) is 1.44. The molecule has 0 spiro atoms. The number of nitrogens with zero attached hydrogens (tertiary/aromatic N) is 1. The molecule has 0 saturated carbocycles. The zero-order valence-corrected chi connectivity index (χ0v) is 10.6. The quantitative estimate of drug-likeness (QED) is 0.791. The van der Waals surface area contributed by atoms with E-state index in [4.69, 9.17) is 16.3 Å². The van der Waals surface area contributed by atoms with Gasteiger partial charge in [0.1, 0.15) is 6.61 Å². The molecule has 0 aliphatic carbocycles. The molecule has 0 radical (unpaired) electrons. The Morgan fingerprint density at radius 2 is 2.06 bits per heavy atom. The van der Waals surface area contributed by atoms with E-state index in [9.17, 15) is 4.79 Å². The van der Waals surface area contributed by atoms with E-state index < -0.39 is 0 Å². The third kappa shape index (κ3) is 3.08. The second kappa shape index (κ2) is 5.65. The Morgan fingerprint density at radius 3 is 2.67 bits per heavy atom. The monoisotopic (exact) mass is 261 g/mol. The van der Waals surface area contributed by atoms with E-state index >= 15 is 0 Å². The van der Waals surface area contributed by atoms with Crippen molar-refractivity contribution >= 4 is 17.4 Å². The van der Waals surface area contributed by atoms with Crippen molar-refractivity contribution in [2.24, 2.45) is 0 Å². The predicted octanol–water partition coefficient (Wildman–Crippen LogP) is 3.52. The minimum absolute atomic E-state index is 0.0137. The minimum Gasteiger partial charge on any atom is -0.473 e. The Morgan fingerprint density at radius 1 is 1.28 bits per heavy atom. The van der Waals surface area contributed by atoms with Crippen LogP contribution in [0.5, 0.6) is 5.88 Å². The summed E-state index contributed by atoms with van der Waals surface area (Å²) in [5, 5.41) is 0.665. The number of hydrogen-bond acceptors (Lipinski definition) is 3. The molecular weight excluding hydrogens is 250 g/mol. The summed E-state index contributed by atoms with van der Waals surface area (Å²) in [7, 11) is 0. The van der Waals surface area contributed by atoms with Crippen molar-refractivity contribution in [1.29, 1.82) is 0 Å². The van der Waals surface area contributed by atoms with Crippen LogP contribution in [-0.2, 0) is 6.61 Å². The number of aromatic nitrogens is 1. The summed E-state index contributed by atoms with van der Waals surface area (Å²) >= 11 is 6.01. The smallest absolute Gasteiger partial charge is 0.213 e. The van der Waals surface area contributed by atoms with Crippen LogP contribution in [0.2, 0.25) is 5.02 Å². The number of rotatable bonds is 4. The van der Waals surface area contributed by atoms with E-state index in [1.807, 2.05) is 24.3 Å². The van der Waals surface area contributed by atoms with Gasteiger partial charge in [-0.05, 0) is 19.1 Å². The van der Waals surface area contributed by atoms with Crippen LogP contribution in [0.1, 0.15) is 22.8 Å². The molecule has 1 heterocycles. The van der Waals surface area contributed by atoms with E-state index in [0.29, 0.717) is 23.1 Å². The molecule has 1 aromatic heterocycles. The Balaban J connectivity index is 2.02. The normalized spacial score (nSPS) is 10.1. The Hall–Kier alpha value is -1.87. The molecule has 0 unspecified atom stereocenters. The Kier molecular flexibility index (Phi) is 3.95. The Bertz CT molecular complexity index is 552. The largest absolute Gasteiger partial charge is 0.473 e. The van der Waals surface area contributed by atoms with Gasteiger partial charge in [-0.15, -0.1) is 0 Å². The minimum atomic E-state index is -0.0137. The third-order valence-corrected chi connectivity index (χ3v) is 2.84. The first-order valence-corrected chi connectivity index (χ1v) is 5.88. The Labute approximate surface area is 110 Å². The second-order valence-corrected chi connectivity index (χ2v) is 4.23. The van der Waals surface area contributed by atoms with Crippen LogP contribution in [0.15, 0.2) is 42.6 Å². The van der Waals surface area contributed by atoms with Crippen LogP contribution in [-0.4, -0.2) is 10.8 Å². The fraction of sp³-hybridized carbons (Fsp3) is 0.143. The molecule has 18 heavy (non-hydrogen) atoms. The van der Waals surface area contributed by atoms with Crippen molar-refractivity contribution in [2.45, 2.75) is 13.5 Å². The molecule has 0 amide bonds. The lowest BCUT2D eigenvalue weighted by Crippen LogP contribution is -1.99. The van der Waals surface area contributed by atoms with E-state index in [0.717, 1.165) is 5.56 Å². The third-order valence-electron chi connectivity index (χ3n) is 2.48. The average molecular weight is 262 g/mol. The van der Waals surface area contributed by atoms with Crippen molar-refractivity contribution in [2.75, 3.05) is 0 Å². The van der Waals surface area contributed by atoms with Gasteiger partial charge in [-0.1, -0.05) is 29.8 Å². The summed E-state index contributed by atoms with van der Waals surface area (Å²) in [6.07, 6.45) is 1.50. The summed E-state index contributed by atoms with van der Waals surface area (Å²) in [6.45, 7) is 1.85.